The van der Waals surface area contributed by atoms with Crippen molar-refractivity contribution in [1.29, 1.82) is 0 Å². The summed E-state index contributed by atoms with van der Waals surface area (Å²) in [6.45, 7) is 0. The third-order valence-electron chi connectivity index (χ3n) is 0. The summed E-state index contributed by atoms with van der Waals surface area (Å²) in [7, 11) is 0. The van der Waals surface area contributed by atoms with Gasteiger partial charge in [0.1, 0.15) is 0 Å². The van der Waals surface area contributed by atoms with Gasteiger partial charge in [0.05, 0.1) is 0 Å². The van der Waals surface area contributed by atoms with E-state index in [0.29, 0.717) is 0 Å². The number of hydrogen-bond donors (Lipinski definition) is 0. The van der Waals surface area contributed by atoms with E-state index >= 15 is 0 Å². The van der Waals surface area contributed by atoms with Crippen molar-refractivity contribution in [3.8, 4) is 0 Å². The predicted octanol–water partition coefficient (Wildman–Crippen LogP) is -5.99. The molecule has 4 heavy (non-hydrogen) atoms. The summed E-state index contributed by atoms with van der Waals surface area (Å²) in [4.78, 5) is 0. The second-order valence-electron chi connectivity index (χ2n) is 0. The van der Waals surface area contributed by atoms with Crippen molar-refractivity contribution < 1.29 is 92.9 Å². The zero-order valence-corrected chi connectivity index (χ0v) is 11.5. The third-order valence-corrected chi connectivity index (χ3v) is 0. The molecule has 0 heterocycles. The summed E-state index contributed by atoms with van der Waals surface area (Å²) in [5.74, 6) is 0. The molecule has 0 spiro atoms. The van der Waals surface area contributed by atoms with Gasteiger partial charge in [-0.15, -0.1) is 0 Å². The molecule has 4 heteroatoms. The van der Waals surface area contributed by atoms with Crippen LogP contribution in [0.1, 0.15) is 0 Å². The second kappa shape index (κ2) is 16.9. The molecule has 0 saturated carbocycles. The fourth-order valence-electron chi connectivity index (χ4n) is 0. The van der Waals surface area contributed by atoms with Gasteiger partial charge in [-0.25, -0.2) is 0 Å². The topological polar surface area (TPSA) is 0 Å². The molecule has 0 aromatic rings. The third kappa shape index (κ3) is 8.85. The van der Waals surface area contributed by atoms with Crippen LogP contribution in [0.25, 0.3) is 0 Å². The van der Waals surface area contributed by atoms with Crippen LogP contribution in [0.2, 0.25) is 0 Å². The summed E-state index contributed by atoms with van der Waals surface area (Å²) in [5.41, 5.74) is 0. The van der Waals surface area contributed by atoms with Gasteiger partial charge >= 0.3 is 27.7 Å². The normalized spacial score (nSPS) is 0. The van der Waals surface area contributed by atoms with E-state index in [1.54, 1.807) is 0 Å². The van der Waals surface area contributed by atoms with Gasteiger partial charge in [-0.1, -0.05) is 0 Å². The van der Waals surface area contributed by atoms with E-state index in [0.717, 1.165) is 0 Å². The maximum absolute atomic E-state index is 0. The van der Waals surface area contributed by atoms with Crippen molar-refractivity contribution in [2.45, 2.75) is 0 Å². The van der Waals surface area contributed by atoms with E-state index in [9.17, 15) is 0 Å². The van der Waals surface area contributed by atoms with Crippen LogP contribution in [0.15, 0.2) is 0 Å². The summed E-state index contributed by atoms with van der Waals surface area (Å²) < 4.78 is 0. The molecule has 0 bridgehead atoms. The molecule has 0 atom stereocenters. The quantitative estimate of drug-likeness (QED) is 0.342. The molecule has 22 valence electrons. The zero-order chi connectivity index (χ0) is 0. The Labute approximate surface area is 90.9 Å². The summed E-state index contributed by atoms with van der Waals surface area (Å²) in [6.07, 6.45) is 0. The molecule has 0 unspecified atom stereocenters. The first-order valence-corrected chi connectivity index (χ1v) is 0. The molecule has 0 radical (unpaired) electrons. The smallest absolute Gasteiger partial charge is 1.00 e. The minimum atomic E-state index is 0. The molecule has 0 nitrogen and oxygen atoms in total. The Kier molecular flexibility index (Phi) is 122. The fourth-order valence-corrected chi connectivity index (χ4v) is 0. The maximum Gasteiger partial charge on any atom is 2.00 e. The van der Waals surface area contributed by atoms with E-state index in [2.05, 4.69) is 0 Å². The van der Waals surface area contributed by atoms with Crippen molar-refractivity contribution in [2.75, 3.05) is 0 Å². The van der Waals surface area contributed by atoms with Crippen LogP contribution in [-0.2, 0) is 27.7 Å². The summed E-state index contributed by atoms with van der Waals surface area (Å²) in [5, 5.41) is 0. The molecule has 0 aromatic carbocycles. The van der Waals surface area contributed by atoms with Crippen LogP contribution >= 0.6 is 0 Å². The Morgan fingerprint density at radius 1 is 0.750 bits per heavy atom. The minimum absolute atomic E-state index is 0. The van der Waals surface area contributed by atoms with Gasteiger partial charge in [-0.05, 0) is 0 Å². The first-order valence-electron chi connectivity index (χ1n) is 0. The van der Waals surface area contributed by atoms with Crippen LogP contribution in [0.3, 0.4) is 0 Å². The van der Waals surface area contributed by atoms with Crippen LogP contribution in [0.4, 0.5) is 0 Å². The monoisotopic (exact) mass is 424 g/mol. The standard InChI is InChI=1S/2ClH.Hg.Sm/h2*1H;;/q;;+2;/p-2. The second-order valence-corrected chi connectivity index (χ2v) is 0. The molecule has 0 saturated heterocycles. The first-order chi connectivity index (χ1) is 0. The van der Waals surface area contributed by atoms with Crippen molar-refractivity contribution in [3.05, 3.63) is 0 Å². The van der Waals surface area contributed by atoms with E-state index in [4.69, 9.17) is 0 Å². The number of hydrogen-bond acceptors (Lipinski definition) is 0. The van der Waals surface area contributed by atoms with Crippen LogP contribution in [0.5, 0.6) is 0 Å². The van der Waals surface area contributed by atoms with Gasteiger partial charge in [-0.3, -0.25) is 0 Å². The Balaban J connectivity index is 0. The van der Waals surface area contributed by atoms with Gasteiger partial charge in [0, 0.05) is 40.4 Å². The molecule has 0 aliphatic carbocycles. The molecule has 0 aliphatic rings. The molecule has 0 fully saturated rings. The Hall–Kier alpha value is 2.85. The van der Waals surface area contributed by atoms with Crippen molar-refractivity contribution in [2.24, 2.45) is 0 Å². The predicted molar refractivity (Wildman–Crippen MR) is 0 cm³/mol. The molecule has 0 amide bonds. The first kappa shape index (κ1) is 28.8. The average Bonchev–Trinajstić information content (AvgIpc) is 0. The van der Waals surface area contributed by atoms with Crippen LogP contribution in [0, 0.1) is 40.4 Å². The zero-order valence-electron chi connectivity index (χ0n) is 1.87. The van der Waals surface area contributed by atoms with Gasteiger partial charge < -0.3 is 24.8 Å². The van der Waals surface area contributed by atoms with Gasteiger partial charge in [0.15, 0.2) is 0 Å². The summed E-state index contributed by atoms with van der Waals surface area (Å²) in [6, 6.07) is 0. The van der Waals surface area contributed by atoms with Gasteiger partial charge in [-0.2, -0.15) is 0 Å². The molecule has 0 aromatic heterocycles. The molecular weight excluding hydrogens is 422 g/mol. The van der Waals surface area contributed by atoms with Crippen molar-refractivity contribution in [1.82, 2.24) is 0 Å². The van der Waals surface area contributed by atoms with Crippen LogP contribution < -0.4 is 24.8 Å². The SMILES string of the molecule is [Cl-].[Cl-].[Hg+2].[Sm]. The summed E-state index contributed by atoms with van der Waals surface area (Å²) >= 11 is 0. The van der Waals surface area contributed by atoms with E-state index in [1.807, 2.05) is 0 Å². The van der Waals surface area contributed by atoms with Gasteiger partial charge in [0.2, 0.25) is 0 Å². The Bertz CT molecular complexity index is 6.00. The molecule has 0 rings (SSSR count). The average molecular weight is 422 g/mol. The van der Waals surface area contributed by atoms with E-state index in [1.165, 1.54) is 0 Å². The fraction of sp³-hybridized carbons (Fsp3) is 0. The van der Waals surface area contributed by atoms with E-state index < -0.39 is 0 Å². The number of rotatable bonds is 0. The van der Waals surface area contributed by atoms with Crippen molar-refractivity contribution >= 4 is 0 Å². The molecule has 0 aliphatic heterocycles. The van der Waals surface area contributed by atoms with Crippen molar-refractivity contribution in [3.63, 3.8) is 0 Å². The number of halogens is 2. The van der Waals surface area contributed by atoms with E-state index in [-0.39, 0.29) is 92.9 Å². The Morgan fingerprint density at radius 3 is 0.750 bits per heavy atom. The molecular formula is Cl2HgSm. The van der Waals surface area contributed by atoms with Crippen LogP contribution in [-0.4, -0.2) is 0 Å². The minimum Gasteiger partial charge on any atom is -1.00 e. The largest absolute Gasteiger partial charge is 2.00 e. The maximum atomic E-state index is 0. The Morgan fingerprint density at radius 2 is 0.750 bits per heavy atom. The van der Waals surface area contributed by atoms with Gasteiger partial charge in [0.25, 0.3) is 0 Å². The molecule has 0 N–H and O–H groups in total.